The standard InChI is InChI=1S/C16H23NO4/c1-12-8-13(2)10-14(9-12)20-6-3-4-17-5-7-21-15(11-17)16(18)19/h8-10,15H,3-7,11H2,1-2H3,(H,18,19). The quantitative estimate of drug-likeness (QED) is 0.811. The van der Waals surface area contributed by atoms with Gasteiger partial charge in [-0.15, -0.1) is 0 Å². The lowest BCUT2D eigenvalue weighted by Gasteiger charge is -2.30. The lowest BCUT2D eigenvalue weighted by Crippen LogP contribution is -2.46. The van der Waals surface area contributed by atoms with E-state index in [0.717, 1.165) is 25.3 Å². The maximum absolute atomic E-state index is 10.9. The van der Waals surface area contributed by atoms with Crippen LogP contribution < -0.4 is 4.74 Å². The minimum absolute atomic E-state index is 0.457. The van der Waals surface area contributed by atoms with Crippen molar-refractivity contribution in [1.29, 1.82) is 0 Å². The van der Waals surface area contributed by atoms with Crippen LogP contribution in [0.2, 0.25) is 0 Å². The summed E-state index contributed by atoms with van der Waals surface area (Å²) in [6.07, 6.45) is 0.179. The fourth-order valence-electron chi connectivity index (χ4n) is 2.55. The van der Waals surface area contributed by atoms with E-state index in [4.69, 9.17) is 14.6 Å². The molecule has 1 aliphatic rings. The molecule has 1 saturated heterocycles. The highest BCUT2D eigenvalue weighted by Gasteiger charge is 2.25. The topological polar surface area (TPSA) is 59.0 Å². The highest BCUT2D eigenvalue weighted by molar-refractivity contribution is 5.72. The van der Waals surface area contributed by atoms with Gasteiger partial charge in [0, 0.05) is 19.6 Å². The number of rotatable bonds is 6. The van der Waals surface area contributed by atoms with Gasteiger partial charge in [0.25, 0.3) is 0 Å². The van der Waals surface area contributed by atoms with E-state index in [1.54, 1.807) is 0 Å². The van der Waals surface area contributed by atoms with Crippen molar-refractivity contribution in [2.75, 3.05) is 32.8 Å². The maximum Gasteiger partial charge on any atom is 0.334 e. The summed E-state index contributed by atoms with van der Waals surface area (Å²) in [7, 11) is 0. The zero-order valence-electron chi connectivity index (χ0n) is 12.7. The van der Waals surface area contributed by atoms with Gasteiger partial charge in [-0.3, -0.25) is 4.90 Å². The molecular weight excluding hydrogens is 270 g/mol. The molecule has 1 fully saturated rings. The Labute approximate surface area is 125 Å². The molecule has 1 atom stereocenters. The number of aryl methyl sites for hydroxylation is 2. The number of benzene rings is 1. The Morgan fingerprint density at radius 2 is 2.10 bits per heavy atom. The average molecular weight is 293 g/mol. The highest BCUT2D eigenvalue weighted by Crippen LogP contribution is 2.16. The first-order valence-electron chi connectivity index (χ1n) is 7.32. The molecule has 1 aliphatic heterocycles. The van der Waals surface area contributed by atoms with E-state index >= 15 is 0 Å². The number of morpholine rings is 1. The molecule has 5 nitrogen and oxygen atoms in total. The SMILES string of the molecule is Cc1cc(C)cc(OCCCN2CCOC(C(=O)O)C2)c1. The second-order valence-corrected chi connectivity index (χ2v) is 5.52. The fourth-order valence-corrected chi connectivity index (χ4v) is 2.55. The summed E-state index contributed by atoms with van der Waals surface area (Å²) in [5.41, 5.74) is 2.39. The van der Waals surface area contributed by atoms with Gasteiger partial charge in [0.15, 0.2) is 6.10 Å². The number of hydrogen-bond donors (Lipinski definition) is 1. The highest BCUT2D eigenvalue weighted by atomic mass is 16.5. The normalized spacial score (nSPS) is 19.4. The van der Waals surface area contributed by atoms with Gasteiger partial charge in [-0.05, 0) is 43.5 Å². The van der Waals surface area contributed by atoms with Crippen LogP contribution in [0.25, 0.3) is 0 Å². The van der Waals surface area contributed by atoms with Crippen LogP contribution in [0.15, 0.2) is 18.2 Å². The van der Waals surface area contributed by atoms with Crippen LogP contribution in [0.4, 0.5) is 0 Å². The van der Waals surface area contributed by atoms with Crippen LogP contribution in [-0.4, -0.2) is 54.9 Å². The van der Waals surface area contributed by atoms with Crippen molar-refractivity contribution in [3.05, 3.63) is 29.3 Å². The number of aliphatic carboxylic acids is 1. The van der Waals surface area contributed by atoms with Gasteiger partial charge in [-0.2, -0.15) is 0 Å². The van der Waals surface area contributed by atoms with Crippen molar-refractivity contribution < 1.29 is 19.4 Å². The van der Waals surface area contributed by atoms with Crippen molar-refractivity contribution in [2.24, 2.45) is 0 Å². The van der Waals surface area contributed by atoms with E-state index in [-0.39, 0.29) is 0 Å². The summed E-state index contributed by atoms with van der Waals surface area (Å²) in [5.74, 6) is 0.0177. The van der Waals surface area contributed by atoms with E-state index in [1.165, 1.54) is 11.1 Å². The van der Waals surface area contributed by atoms with Gasteiger partial charge in [-0.25, -0.2) is 4.79 Å². The van der Waals surface area contributed by atoms with Crippen LogP contribution >= 0.6 is 0 Å². The Bertz CT molecular complexity index is 469. The van der Waals surface area contributed by atoms with E-state index in [1.807, 2.05) is 12.1 Å². The van der Waals surface area contributed by atoms with E-state index in [0.29, 0.717) is 19.8 Å². The van der Waals surface area contributed by atoms with Crippen LogP contribution in [0.5, 0.6) is 5.75 Å². The van der Waals surface area contributed by atoms with Gasteiger partial charge < -0.3 is 14.6 Å². The molecule has 1 N–H and O–H groups in total. The molecule has 116 valence electrons. The fraction of sp³-hybridized carbons (Fsp3) is 0.562. The van der Waals surface area contributed by atoms with Gasteiger partial charge in [-0.1, -0.05) is 6.07 Å². The molecule has 0 spiro atoms. The number of carbonyl (C=O) groups is 1. The molecule has 0 aliphatic carbocycles. The number of nitrogens with zero attached hydrogens (tertiary/aromatic N) is 1. The molecule has 2 rings (SSSR count). The van der Waals surface area contributed by atoms with Crippen LogP contribution in [-0.2, 0) is 9.53 Å². The second-order valence-electron chi connectivity index (χ2n) is 5.52. The van der Waals surface area contributed by atoms with Crippen molar-refractivity contribution in [1.82, 2.24) is 4.90 Å². The number of hydrogen-bond acceptors (Lipinski definition) is 4. The second kappa shape index (κ2) is 7.43. The van der Waals surface area contributed by atoms with Crippen LogP contribution in [0.3, 0.4) is 0 Å². The Morgan fingerprint density at radius 3 is 2.76 bits per heavy atom. The largest absolute Gasteiger partial charge is 0.494 e. The lowest BCUT2D eigenvalue weighted by atomic mass is 10.1. The monoisotopic (exact) mass is 293 g/mol. The summed E-state index contributed by atoms with van der Waals surface area (Å²) in [6.45, 7) is 7.30. The van der Waals surface area contributed by atoms with Crippen molar-refractivity contribution >= 4 is 5.97 Å². The van der Waals surface area contributed by atoms with Crippen molar-refractivity contribution in [2.45, 2.75) is 26.4 Å². The molecule has 0 bridgehead atoms. The van der Waals surface area contributed by atoms with E-state index < -0.39 is 12.1 Å². The molecule has 21 heavy (non-hydrogen) atoms. The van der Waals surface area contributed by atoms with E-state index in [9.17, 15) is 4.79 Å². The van der Waals surface area contributed by atoms with Gasteiger partial charge >= 0.3 is 5.97 Å². The molecule has 0 amide bonds. The minimum Gasteiger partial charge on any atom is -0.494 e. The van der Waals surface area contributed by atoms with Crippen LogP contribution in [0, 0.1) is 13.8 Å². The summed E-state index contributed by atoms with van der Waals surface area (Å²) in [5, 5.41) is 8.95. The minimum atomic E-state index is -0.883. The Balaban J connectivity index is 1.70. The van der Waals surface area contributed by atoms with Crippen molar-refractivity contribution in [3.63, 3.8) is 0 Å². The summed E-state index contributed by atoms with van der Waals surface area (Å²) in [4.78, 5) is 13.0. The Morgan fingerprint density at radius 1 is 1.38 bits per heavy atom. The smallest absolute Gasteiger partial charge is 0.334 e. The van der Waals surface area contributed by atoms with Gasteiger partial charge in [0.2, 0.25) is 0 Å². The molecule has 1 heterocycles. The first-order valence-corrected chi connectivity index (χ1v) is 7.32. The first kappa shape index (κ1) is 15.8. The predicted octanol–water partition coefficient (Wildman–Crippen LogP) is 1.86. The molecule has 1 unspecified atom stereocenters. The van der Waals surface area contributed by atoms with Gasteiger partial charge in [0.05, 0.1) is 13.2 Å². The summed E-state index contributed by atoms with van der Waals surface area (Å²) >= 11 is 0. The number of carboxylic acids is 1. The average Bonchev–Trinajstić information content (AvgIpc) is 2.43. The van der Waals surface area contributed by atoms with Crippen molar-refractivity contribution in [3.8, 4) is 5.75 Å². The summed E-state index contributed by atoms with van der Waals surface area (Å²) < 4.78 is 11.0. The molecule has 1 aromatic rings. The molecule has 0 saturated carbocycles. The van der Waals surface area contributed by atoms with Gasteiger partial charge in [0.1, 0.15) is 5.75 Å². The molecule has 5 heteroatoms. The third-order valence-electron chi connectivity index (χ3n) is 3.51. The molecule has 0 aromatic heterocycles. The predicted molar refractivity (Wildman–Crippen MR) is 79.8 cm³/mol. The third-order valence-corrected chi connectivity index (χ3v) is 3.51. The maximum atomic E-state index is 10.9. The number of carboxylic acid groups (broad SMARTS) is 1. The Kier molecular flexibility index (Phi) is 5.59. The van der Waals surface area contributed by atoms with Crippen LogP contribution in [0.1, 0.15) is 17.5 Å². The molecular formula is C16H23NO4. The Hall–Kier alpha value is -1.59. The lowest BCUT2D eigenvalue weighted by molar-refractivity contribution is -0.156. The molecule has 1 aromatic carbocycles. The zero-order valence-corrected chi connectivity index (χ0v) is 12.7. The first-order chi connectivity index (χ1) is 10.0. The summed E-state index contributed by atoms with van der Waals surface area (Å²) in [6, 6.07) is 6.18. The van der Waals surface area contributed by atoms with E-state index in [2.05, 4.69) is 24.8 Å². The third kappa shape index (κ3) is 5.02. The molecule has 0 radical (unpaired) electrons. The number of ether oxygens (including phenoxy) is 2. The zero-order chi connectivity index (χ0) is 15.2.